The Morgan fingerprint density at radius 3 is 2.00 bits per heavy atom. The zero-order valence-corrected chi connectivity index (χ0v) is 17.0. The Hall–Kier alpha value is -2.93. The maximum Gasteiger partial charge on any atom is 0.242 e. The molecule has 0 spiro atoms. The summed E-state index contributed by atoms with van der Waals surface area (Å²) in [4.78, 5) is 23.1. The highest BCUT2D eigenvalue weighted by Crippen LogP contribution is 2.12. The van der Waals surface area contributed by atoms with Gasteiger partial charge in [-0.05, 0) is 60.5 Å². The molecule has 7 heteroatoms. The number of nitrogens with one attached hydrogen (secondary N) is 4. The number of hydrogen-bond acceptors (Lipinski definition) is 3. The molecule has 2 amide bonds. The Morgan fingerprint density at radius 2 is 1.43 bits per heavy atom. The molecule has 0 saturated carbocycles. The van der Waals surface area contributed by atoms with E-state index in [-0.39, 0.29) is 18.2 Å². The molecular weight excluding hydrogens is 372 g/mol. The minimum absolute atomic E-state index is 0.133. The average molecular weight is 399 g/mol. The second-order valence-electron chi connectivity index (χ2n) is 6.48. The Labute approximate surface area is 171 Å². The van der Waals surface area contributed by atoms with Crippen LogP contribution in [0.2, 0.25) is 0 Å². The topological polar surface area (TPSA) is 82.3 Å². The van der Waals surface area contributed by atoms with Gasteiger partial charge in [0.2, 0.25) is 11.8 Å². The number of hydrogen-bond donors (Lipinski definition) is 4. The highest BCUT2D eigenvalue weighted by molar-refractivity contribution is 7.80. The number of benzene rings is 2. The molecule has 28 heavy (non-hydrogen) atoms. The first kappa shape index (κ1) is 21.4. The van der Waals surface area contributed by atoms with Crippen LogP contribution in [0.1, 0.15) is 37.8 Å². The van der Waals surface area contributed by atoms with Crippen molar-refractivity contribution in [3.8, 4) is 0 Å². The van der Waals surface area contributed by atoms with Crippen LogP contribution in [-0.2, 0) is 22.4 Å². The first-order valence-electron chi connectivity index (χ1n) is 9.27. The largest absolute Gasteiger partial charge is 0.331 e. The van der Waals surface area contributed by atoms with Gasteiger partial charge in [0.25, 0.3) is 0 Å². The molecule has 2 aromatic carbocycles. The van der Waals surface area contributed by atoms with Gasteiger partial charge < -0.3 is 10.6 Å². The molecule has 148 valence electrons. The SMILES string of the molecule is CCCCc1ccc(NC(=S)NNC(=O)Cc2ccc(NC(C)=O)cc2)cc1. The van der Waals surface area contributed by atoms with Crippen LogP contribution in [0.15, 0.2) is 48.5 Å². The lowest BCUT2D eigenvalue weighted by atomic mass is 10.1. The predicted octanol–water partition coefficient (Wildman–Crippen LogP) is 3.55. The second kappa shape index (κ2) is 11.0. The molecule has 0 heterocycles. The van der Waals surface area contributed by atoms with Crippen LogP contribution in [0.4, 0.5) is 11.4 Å². The van der Waals surface area contributed by atoms with Crippen molar-refractivity contribution in [3.63, 3.8) is 0 Å². The van der Waals surface area contributed by atoms with Crippen LogP contribution in [-0.4, -0.2) is 16.9 Å². The van der Waals surface area contributed by atoms with Crippen molar-refractivity contribution >= 4 is 40.5 Å². The van der Waals surface area contributed by atoms with Crippen LogP contribution >= 0.6 is 12.2 Å². The van der Waals surface area contributed by atoms with E-state index in [0.717, 1.165) is 17.7 Å². The average Bonchev–Trinajstić information content (AvgIpc) is 2.67. The van der Waals surface area contributed by atoms with Crippen LogP contribution in [0, 0.1) is 0 Å². The molecule has 0 aromatic heterocycles. The van der Waals surface area contributed by atoms with Crippen LogP contribution in [0.25, 0.3) is 0 Å². The van der Waals surface area contributed by atoms with E-state index in [1.54, 1.807) is 24.3 Å². The number of aryl methyl sites for hydroxylation is 1. The molecule has 0 bridgehead atoms. The summed E-state index contributed by atoms with van der Waals surface area (Å²) in [7, 11) is 0. The minimum atomic E-state index is -0.216. The fraction of sp³-hybridized carbons (Fsp3) is 0.286. The monoisotopic (exact) mass is 398 g/mol. The van der Waals surface area contributed by atoms with Gasteiger partial charge >= 0.3 is 0 Å². The second-order valence-corrected chi connectivity index (χ2v) is 6.89. The summed E-state index contributed by atoms with van der Waals surface area (Å²) in [5, 5.41) is 6.04. The van der Waals surface area contributed by atoms with Crippen molar-refractivity contribution in [3.05, 3.63) is 59.7 Å². The van der Waals surface area contributed by atoms with E-state index in [1.807, 2.05) is 12.1 Å². The Morgan fingerprint density at radius 1 is 0.857 bits per heavy atom. The van der Waals surface area contributed by atoms with Crippen molar-refractivity contribution < 1.29 is 9.59 Å². The van der Waals surface area contributed by atoms with E-state index >= 15 is 0 Å². The van der Waals surface area contributed by atoms with Gasteiger partial charge in [0.15, 0.2) is 5.11 Å². The number of amides is 2. The summed E-state index contributed by atoms with van der Waals surface area (Å²) in [5.74, 6) is -0.349. The lowest BCUT2D eigenvalue weighted by Gasteiger charge is -2.12. The molecule has 0 aliphatic rings. The van der Waals surface area contributed by atoms with E-state index in [0.29, 0.717) is 10.8 Å². The van der Waals surface area contributed by atoms with Crippen molar-refractivity contribution in [2.24, 2.45) is 0 Å². The minimum Gasteiger partial charge on any atom is -0.331 e. The maximum absolute atomic E-state index is 12.0. The Kier molecular flexibility index (Phi) is 8.42. The molecular formula is C21H26N4O2S. The lowest BCUT2D eigenvalue weighted by Crippen LogP contribution is -2.44. The van der Waals surface area contributed by atoms with Crippen LogP contribution < -0.4 is 21.5 Å². The van der Waals surface area contributed by atoms with Crippen molar-refractivity contribution in [2.45, 2.75) is 39.5 Å². The molecule has 2 aromatic rings. The Bertz CT molecular complexity index is 804. The van der Waals surface area contributed by atoms with Crippen molar-refractivity contribution in [2.75, 3.05) is 10.6 Å². The maximum atomic E-state index is 12.0. The summed E-state index contributed by atoms with van der Waals surface area (Å²) in [5.41, 5.74) is 8.96. The van der Waals surface area contributed by atoms with Gasteiger partial charge in [-0.25, -0.2) is 0 Å². The fourth-order valence-electron chi connectivity index (χ4n) is 2.56. The normalized spacial score (nSPS) is 10.1. The van der Waals surface area contributed by atoms with Crippen LogP contribution in [0.5, 0.6) is 0 Å². The zero-order valence-electron chi connectivity index (χ0n) is 16.2. The van der Waals surface area contributed by atoms with Crippen molar-refractivity contribution in [1.29, 1.82) is 0 Å². The molecule has 0 saturated heterocycles. The first-order valence-corrected chi connectivity index (χ1v) is 9.68. The molecule has 0 radical (unpaired) electrons. The Balaban J connectivity index is 1.74. The molecule has 2 rings (SSSR count). The van der Waals surface area contributed by atoms with E-state index < -0.39 is 0 Å². The molecule has 6 nitrogen and oxygen atoms in total. The van der Waals surface area contributed by atoms with Gasteiger partial charge in [-0.1, -0.05) is 37.6 Å². The molecule has 0 aliphatic heterocycles. The number of thiocarbonyl (C=S) groups is 1. The number of unbranched alkanes of at least 4 members (excludes halogenated alkanes) is 1. The number of carbonyl (C=O) groups excluding carboxylic acids is 2. The molecule has 0 aliphatic carbocycles. The van der Waals surface area contributed by atoms with Gasteiger partial charge in [-0.3, -0.25) is 20.4 Å². The third kappa shape index (κ3) is 7.75. The predicted molar refractivity (Wildman–Crippen MR) is 117 cm³/mol. The van der Waals surface area contributed by atoms with Gasteiger partial charge in [0.1, 0.15) is 0 Å². The summed E-state index contributed by atoms with van der Waals surface area (Å²) < 4.78 is 0. The number of rotatable bonds is 7. The summed E-state index contributed by atoms with van der Waals surface area (Å²) in [6.45, 7) is 3.62. The molecule has 0 fully saturated rings. The van der Waals surface area contributed by atoms with Gasteiger partial charge in [0, 0.05) is 18.3 Å². The summed E-state index contributed by atoms with van der Waals surface area (Å²) >= 11 is 5.20. The number of anilines is 2. The highest BCUT2D eigenvalue weighted by atomic mass is 32.1. The lowest BCUT2D eigenvalue weighted by molar-refractivity contribution is -0.121. The molecule has 0 unspecified atom stereocenters. The first-order chi connectivity index (χ1) is 13.5. The highest BCUT2D eigenvalue weighted by Gasteiger charge is 2.05. The standard InChI is InChI=1S/C21H26N4O2S/c1-3-4-5-16-6-10-19(11-7-16)23-21(28)25-24-20(27)14-17-8-12-18(13-9-17)22-15(2)26/h6-13H,3-5,14H2,1-2H3,(H,22,26)(H,24,27)(H2,23,25,28). The van der Waals surface area contributed by atoms with Gasteiger partial charge in [-0.15, -0.1) is 0 Å². The van der Waals surface area contributed by atoms with Gasteiger partial charge in [0.05, 0.1) is 6.42 Å². The van der Waals surface area contributed by atoms with E-state index in [1.165, 1.54) is 25.3 Å². The molecule has 4 N–H and O–H groups in total. The zero-order chi connectivity index (χ0) is 20.4. The number of hydrazine groups is 1. The van der Waals surface area contributed by atoms with Crippen molar-refractivity contribution in [1.82, 2.24) is 10.9 Å². The van der Waals surface area contributed by atoms with Crippen LogP contribution in [0.3, 0.4) is 0 Å². The molecule has 0 atom stereocenters. The van der Waals surface area contributed by atoms with E-state index in [2.05, 4.69) is 40.5 Å². The summed E-state index contributed by atoms with van der Waals surface area (Å²) in [6.07, 6.45) is 3.62. The third-order valence-electron chi connectivity index (χ3n) is 3.99. The third-order valence-corrected chi connectivity index (χ3v) is 4.19. The number of carbonyl (C=O) groups is 2. The van der Waals surface area contributed by atoms with E-state index in [4.69, 9.17) is 12.2 Å². The quantitative estimate of drug-likeness (QED) is 0.424. The summed E-state index contributed by atoms with van der Waals surface area (Å²) in [6, 6.07) is 15.2. The smallest absolute Gasteiger partial charge is 0.242 e. The fourth-order valence-corrected chi connectivity index (χ4v) is 2.73. The van der Waals surface area contributed by atoms with E-state index in [9.17, 15) is 9.59 Å². The van der Waals surface area contributed by atoms with Gasteiger partial charge in [-0.2, -0.15) is 0 Å².